The van der Waals surface area contributed by atoms with Crippen molar-refractivity contribution in [3.8, 4) is 0 Å². The fourth-order valence-electron chi connectivity index (χ4n) is 1.39. The van der Waals surface area contributed by atoms with Crippen LogP contribution in [0.2, 0.25) is 0 Å². The maximum atomic E-state index is 11.9. The van der Waals surface area contributed by atoms with Crippen molar-refractivity contribution in [2.24, 2.45) is 17.7 Å². The molecule has 1 aromatic carbocycles. The quantitative estimate of drug-likeness (QED) is 0.540. The number of rotatable bonds is 5. The van der Waals surface area contributed by atoms with Crippen LogP contribution in [0.3, 0.4) is 0 Å². The molecule has 17 heavy (non-hydrogen) atoms. The Hall–Kier alpha value is -1.55. The minimum absolute atomic E-state index is 0.0916. The van der Waals surface area contributed by atoms with Crippen LogP contribution in [-0.4, -0.2) is 12.5 Å². The van der Waals surface area contributed by atoms with E-state index < -0.39 is 0 Å². The number of hydrogen-bond acceptors (Lipinski definition) is 3. The molecule has 0 heterocycles. The number of nitrogen functional groups attached to an aromatic ring is 1. The Kier molecular flexibility index (Phi) is 4.97. The van der Waals surface area contributed by atoms with Crippen molar-refractivity contribution in [2.45, 2.75) is 20.8 Å². The zero-order valence-corrected chi connectivity index (χ0v) is 10.7. The van der Waals surface area contributed by atoms with Gasteiger partial charge >= 0.3 is 0 Å². The molecule has 0 spiro atoms. The summed E-state index contributed by atoms with van der Waals surface area (Å²) >= 11 is 0. The van der Waals surface area contributed by atoms with E-state index in [9.17, 15) is 4.79 Å². The number of para-hydroxylation sites is 1. The highest BCUT2D eigenvalue weighted by Crippen LogP contribution is 2.14. The summed E-state index contributed by atoms with van der Waals surface area (Å²) in [6.07, 6.45) is 0. The maximum Gasteiger partial charge on any atom is 0.253 e. The predicted octanol–water partition coefficient (Wildman–Crippen LogP) is 1.99. The average molecular weight is 235 g/mol. The molecule has 1 atom stereocenters. The van der Waals surface area contributed by atoms with Gasteiger partial charge in [0.05, 0.1) is 11.3 Å². The number of carbonyl (C=O) groups is 1. The van der Waals surface area contributed by atoms with E-state index >= 15 is 0 Å². The highest BCUT2D eigenvalue weighted by Gasteiger charge is 2.12. The summed E-state index contributed by atoms with van der Waals surface area (Å²) in [6.45, 7) is 7.09. The van der Waals surface area contributed by atoms with Gasteiger partial charge in [-0.15, -0.1) is 0 Å². The molecule has 1 rings (SSSR count). The van der Waals surface area contributed by atoms with E-state index in [0.29, 0.717) is 29.6 Å². The van der Waals surface area contributed by atoms with Crippen LogP contribution >= 0.6 is 0 Å². The van der Waals surface area contributed by atoms with Crippen LogP contribution in [0.4, 0.5) is 5.69 Å². The van der Waals surface area contributed by atoms with Gasteiger partial charge in [-0.1, -0.05) is 32.9 Å². The van der Waals surface area contributed by atoms with E-state index in [0.717, 1.165) is 0 Å². The molecular formula is C13H21N3O. The fourth-order valence-corrected chi connectivity index (χ4v) is 1.39. The summed E-state index contributed by atoms with van der Waals surface area (Å²) in [5, 5.41) is 2.92. The molecule has 0 saturated heterocycles. The van der Waals surface area contributed by atoms with Crippen molar-refractivity contribution in [3.63, 3.8) is 0 Å². The van der Waals surface area contributed by atoms with E-state index in [1.165, 1.54) is 0 Å². The topological polar surface area (TPSA) is 67.2 Å². The van der Waals surface area contributed by atoms with Crippen LogP contribution in [0.25, 0.3) is 0 Å². The van der Waals surface area contributed by atoms with Crippen LogP contribution < -0.4 is 16.6 Å². The monoisotopic (exact) mass is 235 g/mol. The summed E-state index contributed by atoms with van der Waals surface area (Å²) in [7, 11) is 0. The lowest BCUT2D eigenvalue weighted by atomic mass is 9.98. The van der Waals surface area contributed by atoms with Gasteiger partial charge in [0, 0.05) is 6.54 Å². The molecule has 0 saturated carbocycles. The van der Waals surface area contributed by atoms with Crippen molar-refractivity contribution < 1.29 is 4.79 Å². The molecule has 0 aliphatic heterocycles. The molecule has 4 heteroatoms. The number of nitrogens with two attached hydrogens (primary N) is 1. The first-order valence-corrected chi connectivity index (χ1v) is 5.90. The Bertz CT molecular complexity index is 377. The highest BCUT2D eigenvalue weighted by atomic mass is 16.1. The lowest BCUT2D eigenvalue weighted by Gasteiger charge is -2.16. The van der Waals surface area contributed by atoms with Gasteiger partial charge in [0.2, 0.25) is 0 Å². The van der Waals surface area contributed by atoms with Crippen LogP contribution in [0.1, 0.15) is 31.1 Å². The smallest absolute Gasteiger partial charge is 0.253 e. The van der Waals surface area contributed by atoms with Gasteiger partial charge in [0.15, 0.2) is 0 Å². The zero-order chi connectivity index (χ0) is 12.8. The molecule has 0 aliphatic carbocycles. The first-order valence-electron chi connectivity index (χ1n) is 5.90. The van der Waals surface area contributed by atoms with Gasteiger partial charge < -0.3 is 10.7 Å². The van der Waals surface area contributed by atoms with Crippen molar-refractivity contribution >= 4 is 11.6 Å². The molecule has 0 aliphatic rings. The van der Waals surface area contributed by atoms with Crippen molar-refractivity contribution in [1.82, 2.24) is 5.32 Å². The number of nitrogens with one attached hydrogen (secondary N) is 2. The van der Waals surface area contributed by atoms with Gasteiger partial charge in [0.25, 0.3) is 5.91 Å². The van der Waals surface area contributed by atoms with E-state index in [4.69, 9.17) is 5.84 Å². The van der Waals surface area contributed by atoms with Crippen molar-refractivity contribution in [1.29, 1.82) is 0 Å². The Morgan fingerprint density at radius 1 is 1.29 bits per heavy atom. The van der Waals surface area contributed by atoms with Gasteiger partial charge in [-0.25, -0.2) is 0 Å². The molecule has 94 valence electrons. The van der Waals surface area contributed by atoms with Crippen LogP contribution in [0.15, 0.2) is 24.3 Å². The van der Waals surface area contributed by atoms with Gasteiger partial charge in [-0.05, 0) is 24.0 Å². The summed E-state index contributed by atoms with van der Waals surface area (Å²) in [5.74, 6) is 6.28. The number of amides is 1. The van der Waals surface area contributed by atoms with Crippen LogP contribution in [0, 0.1) is 11.8 Å². The van der Waals surface area contributed by atoms with Crippen LogP contribution in [-0.2, 0) is 0 Å². The van der Waals surface area contributed by atoms with Crippen molar-refractivity contribution in [3.05, 3.63) is 29.8 Å². The lowest BCUT2D eigenvalue weighted by Crippen LogP contribution is -2.31. The van der Waals surface area contributed by atoms with Crippen molar-refractivity contribution in [2.75, 3.05) is 12.0 Å². The summed E-state index contributed by atoms with van der Waals surface area (Å²) in [4.78, 5) is 11.9. The Balaban J connectivity index is 2.64. The molecule has 4 nitrogen and oxygen atoms in total. The predicted molar refractivity (Wildman–Crippen MR) is 70.6 cm³/mol. The second-order valence-corrected chi connectivity index (χ2v) is 4.62. The molecule has 1 aromatic rings. The fraction of sp³-hybridized carbons (Fsp3) is 0.462. The standard InChI is InChI=1S/C13H21N3O/c1-9(2)10(3)8-15-13(17)11-6-4-5-7-12(11)16-14/h4-7,9-10,16H,8,14H2,1-3H3,(H,15,17). The Labute approximate surface area is 103 Å². The maximum absolute atomic E-state index is 11.9. The molecule has 0 bridgehead atoms. The number of anilines is 1. The van der Waals surface area contributed by atoms with E-state index in [1.807, 2.05) is 12.1 Å². The zero-order valence-electron chi connectivity index (χ0n) is 10.7. The first-order chi connectivity index (χ1) is 8.06. The van der Waals surface area contributed by atoms with Crippen LogP contribution in [0.5, 0.6) is 0 Å². The lowest BCUT2D eigenvalue weighted by molar-refractivity contribution is 0.0945. The minimum Gasteiger partial charge on any atom is -0.352 e. The minimum atomic E-state index is -0.0916. The van der Waals surface area contributed by atoms with E-state index in [2.05, 4.69) is 31.5 Å². The molecule has 0 radical (unpaired) electrons. The second-order valence-electron chi connectivity index (χ2n) is 4.62. The number of carbonyl (C=O) groups excluding carboxylic acids is 1. The van der Waals surface area contributed by atoms with E-state index in [1.54, 1.807) is 12.1 Å². The number of hydrogen-bond donors (Lipinski definition) is 3. The summed E-state index contributed by atoms with van der Waals surface area (Å²) in [6, 6.07) is 7.19. The SMILES string of the molecule is CC(C)C(C)CNC(=O)c1ccccc1NN. The molecule has 1 amide bonds. The molecular weight excluding hydrogens is 214 g/mol. The first kappa shape index (κ1) is 13.5. The average Bonchev–Trinajstić information content (AvgIpc) is 2.35. The van der Waals surface area contributed by atoms with E-state index in [-0.39, 0.29) is 5.91 Å². The number of hydrazine groups is 1. The molecule has 1 unspecified atom stereocenters. The third kappa shape index (κ3) is 3.75. The molecule has 0 fully saturated rings. The second kappa shape index (κ2) is 6.25. The Morgan fingerprint density at radius 2 is 1.94 bits per heavy atom. The molecule has 4 N–H and O–H groups in total. The third-order valence-corrected chi connectivity index (χ3v) is 3.05. The Morgan fingerprint density at radius 3 is 2.53 bits per heavy atom. The largest absolute Gasteiger partial charge is 0.352 e. The number of benzene rings is 1. The summed E-state index contributed by atoms with van der Waals surface area (Å²) < 4.78 is 0. The van der Waals surface area contributed by atoms with Gasteiger partial charge in [-0.3, -0.25) is 10.6 Å². The van der Waals surface area contributed by atoms with Gasteiger partial charge in [-0.2, -0.15) is 0 Å². The third-order valence-electron chi connectivity index (χ3n) is 3.05. The molecule has 0 aromatic heterocycles. The van der Waals surface area contributed by atoms with Gasteiger partial charge in [0.1, 0.15) is 0 Å². The summed E-state index contributed by atoms with van der Waals surface area (Å²) in [5.41, 5.74) is 3.74. The highest BCUT2D eigenvalue weighted by molar-refractivity contribution is 5.99. The normalized spacial score (nSPS) is 12.3.